The van der Waals surface area contributed by atoms with Gasteiger partial charge in [0, 0.05) is 25.7 Å². The number of nitrogens with zero attached hydrogens (tertiary/aromatic N) is 3. The minimum absolute atomic E-state index is 0.185. The Bertz CT molecular complexity index is 401. The molecular formula is C13H21N3O. The normalized spacial score (nSPS) is 29.5. The molecule has 1 saturated heterocycles. The molecule has 2 unspecified atom stereocenters. The van der Waals surface area contributed by atoms with Crippen molar-refractivity contribution in [2.75, 3.05) is 20.1 Å². The van der Waals surface area contributed by atoms with Crippen LogP contribution in [0.15, 0.2) is 6.20 Å². The van der Waals surface area contributed by atoms with Crippen LogP contribution in [-0.2, 0) is 19.4 Å². The van der Waals surface area contributed by atoms with E-state index in [1.54, 1.807) is 0 Å². The fourth-order valence-electron chi connectivity index (χ4n) is 3.06. The highest BCUT2D eigenvalue weighted by Gasteiger charge is 2.23. The Hall–Kier alpha value is -0.870. The molecule has 3 rings (SSSR count). The van der Waals surface area contributed by atoms with Crippen LogP contribution in [0.5, 0.6) is 0 Å². The molecule has 3 heterocycles. The fraction of sp³-hybridized carbons (Fsp3) is 0.769. The number of hydrogen-bond acceptors (Lipinski definition) is 3. The van der Waals surface area contributed by atoms with Gasteiger partial charge in [-0.3, -0.25) is 0 Å². The number of rotatable bonds is 2. The van der Waals surface area contributed by atoms with Crippen molar-refractivity contribution in [3.05, 3.63) is 17.7 Å². The van der Waals surface area contributed by atoms with Gasteiger partial charge in [-0.15, -0.1) is 0 Å². The van der Waals surface area contributed by atoms with Gasteiger partial charge in [-0.05, 0) is 38.8 Å². The Labute approximate surface area is 102 Å². The van der Waals surface area contributed by atoms with E-state index in [1.807, 2.05) is 0 Å². The molecule has 2 aliphatic heterocycles. The van der Waals surface area contributed by atoms with Crippen molar-refractivity contribution in [1.82, 2.24) is 14.5 Å². The van der Waals surface area contributed by atoms with Gasteiger partial charge in [-0.2, -0.15) is 0 Å². The second kappa shape index (κ2) is 4.42. The van der Waals surface area contributed by atoms with Gasteiger partial charge < -0.3 is 14.6 Å². The van der Waals surface area contributed by atoms with Gasteiger partial charge in [0.15, 0.2) is 0 Å². The highest BCUT2D eigenvalue weighted by Crippen LogP contribution is 2.21. The molecule has 0 aromatic carbocycles. The van der Waals surface area contributed by atoms with E-state index in [-0.39, 0.29) is 6.10 Å². The summed E-state index contributed by atoms with van der Waals surface area (Å²) in [4.78, 5) is 7.07. The van der Waals surface area contributed by atoms with Crippen LogP contribution in [0.1, 0.15) is 24.4 Å². The van der Waals surface area contributed by atoms with Crippen LogP contribution in [0, 0.1) is 5.92 Å². The number of aryl methyl sites for hydroxylation is 1. The minimum atomic E-state index is -0.185. The maximum Gasteiger partial charge on any atom is 0.111 e. The van der Waals surface area contributed by atoms with Crippen molar-refractivity contribution in [2.24, 2.45) is 5.92 Å². The monoisotopic (exact) mass is 235 g/mol. The molecule has 4 heteroatoms. The number of hydrogen-bond donors (Lipinski definition) is 1. The van der Waals surface area contributed by atoms with E-state index in [1.165, 1.54) is 25.2 Å². The van der Waals surface area contributed by atoms with E-state index in [9.17, 15) is 5.11 Å². The SMILES string of the molecule is CN1CCC(Cc2cn3c(n2)CC(O)CC3)C1. The molecule has 0 aliphatic carbocycles. The van der Waals surface area contributed by atoms with Crippen LogP contribution in [0.4, 0.5) is 0 Å². The van der Waals surface area contributed by atoms with Crippen molar-refractivity contribution in [3.8, 4) is 0 Å². The van der Waals surface area contributed by atoms with Gasteiger partial charge in [0.05, 0.1) is 11.8 Å². The second-order valence-corrected chi connectivity index (χ2v) is 5.61. The van der Waals surface area contributed by atoms with Crippen molar-refractivity contribution >= 4 is 0 Å². The van der Waals surface area contributed by atoms with E-state index in [4.69, 9.17) is 0 Å². The van der Waals surface area contributed by atoms with E-state index in [0.717, 1.165) is 37.5 Å². The summed E-state index contributed by atoms with van der Waals surface area (Å²) in [6.45, 7) is 3.34. The average molecular weight is 235 g/mol. The zero-order chi connectivity index (χ0) is 11.8. The first-order valence-corrected chi connectivity index (χ1v) is 6.62. The molecule has 0 amide bonds. The lowest BCUT2D eigenvalue weighted by Gasteiger charge is -2.18. The number of aliphatic hydroxyl groups is 1. The summed E-state index contributed by atoms with van der Waals surface area (Å²) in [6.07, 6.45) is 6.00. The molecule has 0 bridgehead atoms. The van der Waals surface area contributed by atoms with Gasteiger partial charge in [-0.1, -0.05) is 0 Å². The maximum atomic E-state index is 9.62. The van der Waals surface area contributed by atoms with Gasteiger partial charge >= 0.3 is 0 Å². The molecule has 1 N–H and O–H groups in total. The van der Waals surface area contributed by atoms with Gasteiger partial charge in [0.25, 0.3) is 0 Å². The lowest BCUT2D eigenvalue weighted by molar-refractivity contribution is 0.141. The van der Waals surface area contributed by atoms with Crippen LogP contribution in [0.3, 0.4) is 0 Å². The molecule has 1 aromatic heterocycles. The fourth-order valence-corrected chi connectivity index (χ4v) is 3.06. The molecule has 0 saturated carbocycles. The Morgan fingerprint density at radius 1 is 1.41 bits per heavy atom. The van der Waals surface area contributed by atoms with Crippen molar-refractivity contribution in [3.63, 3.8) is 0 Å². The molecule has 2 atom stereocenters. The Morgan fingerprint density at radius 3 is 3.06 bits per heavy atom. The van der Waals surface area contributed by atoms with Crippen LogP contribution < -0.4 is 0 Å². The zero-order valence-electron chi connectivity index (χ0n) is 10.5. The summed E-state index contributed by atoms with van der Waals surface area (Å²) >= 11 is 0. The smallest absolute Gasteiger partial charge is 0.111 e. The van der Waals surface area contributed by atoms with E-state index >= 15 is 0 Å². The maximum absolute atomic E-state index is 9.62. The Balaban J connectivity index is 1.68. The average Bonchev–Trinajstić information content (AvgIpc) is 2.84. The van der Waals surface area contributed by atoms with Gasteiger partial charge in [-0.25, -0.2) is 4.98 Å². The molecule has 2 aliphatic rings. The predicted octanol–water partition coefficient (Wildman–Crippen LogP) is 0.684. The van der Waals surface area contributed by atoms with Crippen molar-refractivity contribution in [2.45, 2.75) is 38.3 Å². The number of imidazole rings is 1. The first kappa shape index (κ1) is 11.2. The molecule has 1 fully saturated rings. The molecule has 0 radical (unpaired) electrons. The lowest BCUT2D eigenvalue weighted by Crippen LogP contribution is -2.22. The first-order chi connectivity index (χ1) is 8.20. The number of aromatic nitrogens is 2. The van der Waals surface area contributed by atoms with Crippen molar-refractivity contribution < 1.29 is 5.11 Å². The molecular weight excluding hydrogens is 214 g/mol. The second-order valence-electron chi connectivity index (χ2n) is 5.61. The number of fused-ring (bicyclic) bond motifs is 1. The summed E-state index contributed by atoms with van der Waals surface area (Å²) in [5.74, 6) is 1.84. The predicted molar refractivity (Wildman–Crippen MR) is 65.9 cm³/mol. The molecule has 17 heavy (non-hydrogen) atoms. The summed E-state index contributed by atoms with van der Waals surface area (Å²) in [5, 5.41) is 9.62. The first-order valence-electron chi connectivity index (χ1n) is 6.62. The van der Waals surface area contributed by atoms with Crippen molar-refractivity contribution in [1.29, 1.82) is 0 Å². The standard InChI is InChI=1S/C13H21N3O/c1-15-4-2-10(8-15)6-11-9-16-5-3-12(17)7-13(16)14-11/h9-10,12,17H,2-8H2,1H3. The van der Waals surface area contributed by atoms with E-state index < -0.39 is 0 Å². The largest absolute Gasteiger partial charge is 0.393 e. The van der Waals surface area contributed by atoms with Gasteiger partial charge in [0.1, 0.15) is 5.82 Å². The molecule has 1 aromatic rings. The Morgan fingerprint density at radius 2 is 2.29 bits per heavy atom. The summed E-state index contributed by atoms with van der Waals surface area (Å²) in [7, 11) is 2.19. The quantitative estimate of drug-likeness (QED) is 0.820. The lowest BCUT2D eigenvalue weighted by atomic mass is 10.0. The third-order valence-corrected chi connectivity index (χ3v) is 4.02. The molecule has 0 spiro atoms. The van der Waals surface area contributed by atoms with Crippen LogP contribution in [-0.4, -0.2) is 45.8 Å². The highest BCUT2D eigenvalue weighted by atomic mass is 16.3. The minimum Gasteiger partial charge on any atom is -0.393 e. The summed E-state index contributed by atoms with van der Waals surface area (Å²) < 4.78 is 2.22. The van der Waals surface area contributed by atoms with E-state index in [0.29, 0.717) is 0 Å². The van der Waals surface area contributed by atoms with Gasteiger partial charge in [0.2, 0.25) is 0 Å². The third-order valence-electron chi connectivity index (χ3n) is 4.02. The van der Waals surface area contributed by atoms with E-state index in [2.05, 4.69) is 27.7 Å². The Kier molecular flexibility index (Phi) is 2.92. The van der Waals surface area contributed by atoms with Crippen LogP contribution >= 0.6 is 0 Å². The summed E-state index contributed by atoms with van der Waals surface area (Å²) in [5.41, 5.74) is 1.22. The number of aliphatic hydroxyl groups excluding tert-OH is 1. The van der Waals surface area contributed by atoms with Crippen LogP contribution in [0.25, 0.3) is 0 Å². The summed E-state index contributed by atoms with van der Waals surface area (Å²) in [6, 6.07) is 0. The highest BCUT2D eigenvalue weighted by molar-refractivity contribution is 5.08. The number of likely N-dealkylation sites (tertiary alicyclic amines) is 1. The molecule has 4 nitrogen and oxygen atoms in total. The van der Waals surface area contributed by atoms with Crippen LogP contribution in [0.2, 0.25) is 0 Å². The zero-order valence-corrected chi connectivity index (χ0v) is 10.5. The topological polar surface area (TPSA) is 41.3 Å². The molecule has 94 valence electrons. The third kappa shape index (κ3) is 2.38.